The number of nitrogens with one attached hydrogen (secondary N) is 1. The zero-order valence-electron chi connectivity index (χ0n) is 12.6. The van der Waals surface area contributed by atoms with E-state index >= 15 is 0 Å². The van der Waals surface area contributed by atoms with Gasteiger partial charge in [0.2, 0.25) is 0 Å². The molecular weight excluding hydrogens is 333 g/mol. The molecular formula is C16H14FN3O3S. The van der Waals surface area contributed by atoms with Crippen LogP contribution in [0.3, 0.4) is 0 Å². The molecule has 6 nitrogen and oxygen atoms in total. The lowest BCUT2D eigenvalue weighted by Gasteiger charge is -2.09. The number of aryl methyl sites for hydroxylation is 1. The van der Waals surface area contributed by atoms with E-state index in [-0.39, 0.29) is 16.3 Å². The fourth-order valence-electron chi connectivity index (χ4n) is 2.18. The van der Waals surface area contributed by atoms with E-state index in [0.29, 0.717) is 11.3 Å². The predicted octanol–water partition coefficient (Wildman–Crippen LogP) is 2.83. The number of benzene rings is 2. The molecule has 0 atom stereocenters. The maximum atomic E-state index is 13.8. The van der Waals surface area contributed by atoms with Crippen molar-refractivity contribution in [2.24, 2.45) is 0 Å². The minimum absolute atomic E-state index is 0.0443. The number of hydrogen-bond acceptors (Lipinski definition) is 4. The summed E-state index contributed by atoms with van der Waals surface area (Å²) < 4.78 is 42.2. The molecule has 0 aliphatic carbocycles. The van der Waals surface area contributed by atoms with E-state index in [0.717, 1.165) is 10.9 Å². The van der Waals surface area contributed by atoms with Gasteiger partial charge in [0.05, 0.1) is 18.1 Å². The number of aromatic nitrogens is 2. The maximum absolute atomic E-state index is 13.8. The summed E-state index contributed by atoms with van der Waals surface area (Å²) in [7, 11) is -3.89. The summed E-state index contributed by atoms with van der Waals surface area (Å²) in [6.45, 7) is 1.67. The molecule has 1 heterocycles. The van der Waals surface area contributed by atoms with Gasteiger partial charge in [0.15, 0.2) is 0 Å². The second kappa shape index (κ2) is 5.97. The number of phenols is 1. The summed E-state index contributed by atoms with van der Waals surface area (Å²) >= 11 is 0. The molecule has 0 saturated heterocycles. The number of aromatic hydroxyl groups is 1. The van der Waals surface area contributed by atoms with Gasteiger partial charge in [-0.05, 0) is 42.8 Å². The van der Waals surface area contributed by atoms with E-state index in [1.165, 1.54) is 42.6 Å². The topological polar surface area (TPSA) is 84.2 Å². The van der Waals surface area contributed by atoms with Gasteiger partial charge in [-0.1, -0.05) is 12.1 Å². The Morgan fingerprint density at radius 2 is 1.96 bits per heavy atom. The number of para-hydroxylation sites is 1. The molecule has 1 aromatic heterocycles. The van der Waals surface area contributed by atoms with Gasteiger partial charge in [-0.15, -0.1) is 0 Å². The van der Waals surface area contributed by atoms with Crippen molar-refractivity contribution in [3.63, 3.8) is 0 Å². The average Bonchev–Trinajstić information content (AvgIpc) is 3.01. The molecule has 0 unspecified atom stereocenters. The Hall–Kier alpha value is -2.87. The Labute approximate surface area is 138 Å². The summed E-state index contributed by atoms with van der Waals surface area (Å²) in [6.07, 6.45) is 2.38. The van der Waals surface area contributed by atoms with Crippen LogP contribution in [0.25, 0.3) is 5.69 Å². The molecule has 0 fully saturated rings. The van der Waals surface area contributed by atoms with Crippen LogP contribution in [0.1, 0.15) is 5.56 Å². The number of hydrogen-bond donors (Lipinski definition) is 2. The van der Waals surface area contributed by atoms with E-state index in [9.17, 15) is 17.9 Å². The van der Waals surface area contributed by atoms with Crippen LogP contribution >= 0.6 is 0 Å². The van der Waals surface area contributed by atoms with Gasteiger partial charge in [0, 0.05) is 0 Å². The van der Waals surface area contributed by atoms with Gasteiger partial charge in [-0.3, -0.25) is 4.72 Å². The average molecular weight is 347 g/mol. The predicted molar refractivity (Wildman–Crippen MR) is 87.2 cm³/mol. The molecule has 0 saturated carbocycles. The van der Waals surface area contributed by atoms with Gasteiger partial charge in [-0.2, -0.15) is 5.10 Å². The normalized spacial score (nSPS) is 11.4. The van der Waals surface area contributed by atoms with Crippen LogP contribution in [0, 0.1) is 12.7 Å². The van der Waals surface area contributed by atoms with Crippen molar-refractivity contribution in [2.45, 2.75) is 11.8 Å². The van der Waals surface area contributed by atoms with E-state index in [1.54, 1.807) is 13.0 Å². The van der Waals surface area contributed by atoms with Crippen molar-refractivity contribution in [1.29, 1.82) is 0 Å². The fourth-order valence-corrected chi connectivity index (χ4v) is 3.24. The van der Waals surface area contributed by atoms with Crippen LogP contribution in [-0.2, 0) is 10.0 Å². The second-order valence-electron chi connectivity index (χ2n) is 5.18. The lowest BCUT2D eigenvalue weighted by Crippen LogP contribution is -2.13. The standard InChI is InChI=1S/C16H14FN3O3S/c1-11-8-12(21)6-7-15(11)19-24(22,23)13-9-18-20(10-13)16-5-3-2-4-14(16)17/h2-10,19,21H,1H3. The Kier molecular flexibility index (Phi) is 3.98. The first-order chi connectivity index (χ1) is 11.4. The SMILES string of the molecule is Cc1cc(O)ccc1NS(=O)(=O)c1cnn(-c2ccccc2F)c1. The highest BCUT2D eigenvalue weighted by molar-refractivity contribution is 7.92. The number of nitrogens with zero attached hydrogens (tertiary/aromatic N) is 2. The summed E-state index contributed by atoms with van der Waals surface area (Å²) in [5.74, 6) is -0.463. The molecule has 0 amide bonds. The minimum Gasteiger partial charge on any atom is -0.508 e. The number of phenolic OH excluding ortho intramolecular Hbond substituents is 1. The number of sulfonamides is 1. The Bertz CT molecular complexity index is 999. The number of rotatable bonds is 4. The third-order valence-electron chi connectivity index (χ3n) is 3.42. The van der Waals surface area contributed by atoms with Crippen molar-refractivity contribution < 1.29 is 17.9 Å². The van der Waals surface area contributed by atoms with Gasteiger partial charge in [0.25, 0.3) is 10.0 Å². The first kappa shape index (κ1) is 16.0. The van der Waals surface area contributed by atoms with Crippen LogP contribution < -0.4 is 4.72 Å². The summed E-state index contributed by atoms with van der Waals surface area (Å²) in [4.78, 5) is -0.0989. The molecule has 3 aromatic rings. The zero-order chi connectivity index (χ0) is 17.3. The molecule has 0 bridgehead atoms. The van der Waals surface area contributed by atoms with Gasteiger partial charge in [0.1, 0.15) is 22.1 Å². The highest BCUT2D eigenvalue weighted by Crippen LogP contribution is 2.23. The van der Waals surface area contributed by atoms with Crippen molar-refractivity contribution in [3.05, 3.63) is 66.2 Å². The zero-order valence-corrected chi connectivity index (χ0v) is 13.5. The first-order valence-electron chi connectivity index (χ1n) is 6.99. The molecule has 124 valence electrons. The fraction of sp³-hybridized carbons (Fsp3) is 0.0625. The van der Waals surface area contributed by atoms with Crippen LogP contribution in [-0.4, -0.2) is 23.3 Å². The van der Waals surface area contributed by atoms with Gasteiger partial charge < -0.3 is 5.11 Å². The highest BCUT2D eigenvalue weighted by atomic mass is 32.2. The highest BCUT2D eigenvalue weighted by Gasteiger charge is 2.19. The maximum Gasteiger partial charge on any atom is 0.265 e. The second-order valence-corrected chi connectivity index (χ2v) is 6.86. The summed E-state index contributed by atoms with van der Waals surface area (Å²) in [5.41, 5.74) is 1.06. The van der Waals surface area contributed by atoms with E-state index in [2.05, 4.69) is 9.82 Å². The minimum atomic E-state index is -3.89. The van der Waals surface area contributed by atoms with Crippen LogP contribution in [0.4, 0.5) is 10.1 Å². The Balaban J connectivity index is 1.92. The number of anilines is 1. The van der Waals surface area contributed by atoms with Crippen molar-refractivity contribution >= 4 is 15.7 Å². The van der Waals surface area contributed by atoms with Crippen molar-refractivity contribution in [2.75, 3.05) is 4.72 Å². The molecule has 3 rings (SSSR count). The van der Waals surface area contributed by atoms with Crippen LogP contribution in [0.15, 0.2) is 59.8 Å². The van der Waals surface area contributed by atoms with Crippen molar-refractivity contribution in [3.8, 4) is 11.4 Å². The lowest BCUT2D eigenvalue weighted by molar-refractivity contribution is 0.475. The molecule has 8 heteroatoms. The lowest BCUT2D eigenvalue weighted by atomic mass is 10.2. The molecule has 0 spiro atoms. The van der Waals surface area contributed by atoms with Gasteiger partial charge >= 0.3 is 0 Å². The molecule has 0 aliphatic rings. The molecule has 0 aliphatic heterocycles. The van der Waals surface area contributed by atoms with E-state index < -0.39 is 15.8 Å². The Morgan fingerprint density at radius 3 is 2.67 bits per heavy atom. The summed E-state index contributed by atoms with van der Waals surface area (Å²) in [6, 6.07) is 10.2. The molecule has 2 N–H and O–H groups in total. The van der Waals surface area contributed by atoms with Crippen LogP contribution in [0.5, 0.6) is 5.75 Å². The Morgan fingerprint density at radius 1 is 1.21 bits per heavy atom. The smallest absolute Gasteiger partial charge is 0.265 e. The molecule has 0 radical (unpaired) electrons. The van der Waals surface area contributed by atoms with E-state index in [4.69, 9.17) is 0 Å². The third-order valence-corrected chi connectivity index (χ3v) is 4.74. The number of halogens is 1. The summed E-state index contributed by atoms with van der Waals surface area (Å²) in [5, 5.41) is 13.3. The molecule has 2 aromatic carbocycles. The van der Waals surface area contributed by atoms with Crippen molar-refractivity contribution in [1.82, 2.24) is 9.78 Å². The molecule has 24 heavy (non-hydrogen) atoms. The quantitative estimate of drug-likeness (QED) is 0.711. The van der Waals surface area contributed by atoms with E-state index in [1.807, 2.05) is 0 Å². The first-order valence-corrected chi connectivity index (χ1v) is 8.47. The van der Waals surface area contributed by atoms with Gasteiger partial charge in [-0.25, -0.2) is 17.5 Å². The largest absolute Gasteiger partial charge is 0.508 e. The monoisotopic (exact) mass is 347 g/mol. The third kappa shape index (κ3) is 3.09. The van der Waals surface area contributed by atoms with Crippen LogP contribution in [0.2, 0.25) is 0 Å².